The zero-order valence-electron chi connectivity index (χ0n) is 13.5. The lowest BCUT2D eigenvalue weighted by Crippen LogP contribution is -2.40. The largest absolute Gasteiger partial charge is 0.456 e. The Balaban J connectivity index is 2.59. The van der Waals surface area contributed by atoms with Gasteiger partial charge in [-0.1, -0.05) is 27.4 Å². The lowest BCUT2D eigenvalue weighted by molar-refractivity contribution is -0.158. The number of esters is 1. The second-order valence-electron chi connectivity index (χ2n) is 7.69. The predicted molar refractivity (Wildman–Crippen MR) is 79.9 cm³/mol. The summed E-state index contributed by atoms with van der Waals surface area (Å²) in [7, 11) is 0. The molecule has 0 aromatic heterocycles. The van der Waals surface area contributed by atoms with E-state index >= 15 is 0 Å². The highest BCUT2D eigenvalue weighted by Crippen LogP contribution is 2.43. The molecule has 1 aliphatic carbocycles. The van der Waals surface area contributed by atoms with E-state index in [-0.39, 0.29) is 11.6 Å². The van der Waals surface area contributed by atoms with Gasteiger partial charge in [-0.25, -0.2) is 4.79 Å². The quantitative estimate of drug-likeness (QED) is 0.545. The Bertz CT molecular complexity index is 339. The minimum Gasteiger partial charge on any atom is -0.456 e. The molecule has 0 spiro atoms. The van der Waals surface area contributed by atoms with E-state index in [1.54, 1.807) is 6.92 Å². The van der Waals surface area contributed by atoms with Crippen molar-refractivity contribution >= 4 is 5.97 Å². The van der Waals surface area contributed by atoms with Crippen LogP contribution in [0.5, 0.6) is 0 Å². The first-order valence-electron chi connectivity index (χ1n) is 7.43. The Morgan fingerprint density at radius 3 is 1.79 bits per heavy atom. The van der Waals surface area contributed by atoms with Gasteiger partial charge in [0, 0.05) is 5.57 Å². The summed E-state index contributed by atoms with van der Waals surface area (Å²) in [6.07, 6.45) is 4.78. The molecule has 1 aliphatic rings. The first-order chi connectivity index (χ1) is 8.54. The van der Waals surface area contributed by atoms with E-state index in [4.69, 9.17) is 4.74 Å². The van der Waals surface area contributed by atoms with E-state index in [2.05, 4.69) is 27.4 Å². The summed E-state index contributed by atoms with van der Waals surface area (Å²) in [5, 5.41) is 0. The van der Waals surface area contributed by atoms with Gasteiger partial charge >= 0.3 is 5.97 Å². The number of hydrogen-bond donors (Lipinski definition) is 0. The summed E-state index contributed by atoms with van der Waals surface area (Å²) in [6.45, 7) is 16.4. The third kappa shape index (κ3) is 4.36. The highest BCUT2D eigenvalue weighted by Gasteiger charge is 2.38. The molecule has 0 radical (unpaired) electrons. The van der Waals surface area contributed by atoms with Crippen LogP contribution in [0, 0.1) is 17.3 Å². The van der Waals surface area contributed by atoms with Crippen LogP contribution in [0.3, 0.4) is 0 Å². The minimum absolute atomic E-state index is 0.261. The molecule has 0 saturated heterocycles. The van der Waals surface area contributed by atoms with E-state index in [0.717, 1.165) is 18.8 Å². The molecule has 0 atom stereocenters. The van der Waals surface area contributed by atoms with Gasteiger partial charge in [-0.05, 0) is 63.7 Å². The molecule has 1 saturated carbocycles. The molecule has 0 aromatic rings. The average molecular weight is 266 g/mol. The van der Waals surface area contributed by atoms with Gasteiger partial charge in [0.1, 0.15) is 5.60 Å². The van der Waals surface area contributed by atoms with Crippen molar-refractivity contribution in [2.45, 2.75) is 72.8 Å². The fourth-order valence-electron chi connectivity index (χ4n) is 3.06. The van der Waals surface area contributed by atoms with Crippen molar-refractivity contribution in [1.29, 1.82) is 0 Å². The summed E-state index contributed by atoms with van der Waals surface area (Å²) in [6, 6.07) is 0. The van der Waals surface area contributed by atoms with Crippen LogP contribution in [-0.2, 0) is 9.53 Å². The molecule has 0 aliphatic heterocycles. The first kappa shape index (κ1) is 16.3. The number of hydrogen-bond acceptors (Lipinski definition) is 2. The van der Waals surface area contributed by atoms with Crippen molar-refractivity contribution in [1.82, 2.24) is 0 Å². The van der Waals surface area contributed by atoms with E-state index in [0.29, 0.717) is 16.9 Å². The maximum absolute atomic E-state index is 11.7. The SMILES string of the molecule is C=C(C)C(=O)OC(C)(C)C1CCC(C(C)(C)C)CC1. The second-order valence-corrected chi connectivity index (χ2v) is 7.69. The van der Waals surface area contributed by atoms with Crippen LogP contribution in [0.25, 0.3) is 0 Å². The normalized spacial score (nSPS) is 24.9. The first-order valence-corrected chi connectivity index (χ1v) is 7.43. The maximum atomic E-state index is 11.7. The third-order valence-electron chi connectivity index (χ3n) is 4.64. The topological polar surface area (TPSA) is 26.3 Å². The number of carbonyl (C=O) groups excluding carboxylic acids is 1. The van der Waals surface area contributed by atoms with E-state index in [1.807, 2.05) is 13.8 Å². The van der Waals surface area contributed by atoms with Gasteiger partial charge in [-0.3, -0.25) is 0 Å². The molecule has 19 heavy (non-hydrogen) atoms. The smallest absolute Gasteiger partial charge is 0.333 e. The third-order valence-corrected chi connectivity index (χ3v) is 4.64. The maximum Gasteiger partial charge on any atom is 0.333 e. The van der Waals surface area contributed by atoms with Gasteiger partial charge in [0.2, 0.25) is 0 Å². The monoisotopic (exact) mass is 266 g/mol. The molecule has 1 fully saturated rings. The lowest BCUT2D eigenvalue weighted by atomic mass is 9.67. The van der Waals surface area contributed by atoms with Gasteiger partial charge < -0.3 is 4.74 Å². The van der Waals surface area contributed by atoms with Crippen molar-refractivity contribution in [3.8, 4) is 0 Å². The number of carbonyl (C=O) groups is 1. The van der Waals surface area contributed by atoms with Crippen molar-refractivity contribution in [3.63, 3.8) is 0 Å². The summed E-state index contributed by atoms with van der Waals surface area (Å²) in [5.41, 5.74) is 0.499. The molecule has 0 N–H and O–H groups in total. The van der Waals surface area contributed by atoms with Gasteiger partial charge in [-0.2, -0.15) is 0 Å². The van der Waals surface area contributed by atoms with Gasteiger partial charge in [-0.15, -0.1) is 0 Å². The molecule has 2 heteroatoms. The van der Waals surface area contributed by atoms with E-state index in [1.165, 1.54) is 12.8 Å². The summed E-state index contributed by atoms with van der Waals surface area (Å²) < 4.78 is 5.62. The minimum atomic E-state index is -0.376. The predicted octanol–water partition coefficient (Wildman–Crippen LogP) is 4.74. The van der Waals surface area contributed by atoms with Crippen LogP contribution in [0.1, 0.15) is 67.2 Å². The molecule has 0 aromatic carbocycles. The van der Waals surface area contributed by atoms with Crippen molar-refractivity contribution in [2.24, 2.45) is 17.3 Å². The van der Waals surface area contributed by atoms with Crippen LogP contribution in [-0.4, -0.2) is 11.6 Å². The molecular formula is C17H30O2. The molecule has 0 amide bonds. The van der Waals surface area contributed by atoms with Crippen LogP contribution in [0.2, 0.25) is 0 Å². The molecule has 0 bridgehead atoms. The molecule has 0 heterocycles. The Labute approximate surface area is 118 Å². The fraction of sp³-hybridized carbons (Fsp3) is 0.824. The molecule has 110 valence electrons. The van der Waals surface area contributed by atoms with E-state index < -0.39 is 0 Å². The van der Waals surface area contributed by atoms with Crippen LogP contribution in [0.15, 0.2) is 12.2 Å². The molecule has 0 unspecified atom stereocenters. The van der Waals surface area contributed by atoms with Crippen LogP contribution < -0.4 is 0 Å². The molecular weight excluding hydrogens is 236 g/mol. The fourth-order valence-corrected chi connectivity index (χ4v) is 3.06. The standard InChI is InChI=1S/C17H30O2/c1-12(2)15(18)19-17(6,7)14-10-8-13(9-11-14)16(3,4)5/h13-14H,1,8-11H2,2-7H3. The van der Waals surface area contributed by atoms with Gasteiger partial charge in [0.25, 0.3) is 0 Å². The summed E-state index contributed by atoms with van der Waals surface area (Å²) in [5.74, 6) is 0.994. The van der Waals surface area contributed by atoms with E-state index in [9.17, 15) is 4.79 Å². The van der Waals surface area contributed by atoms with Crippen LogP contribution in [0.4, 0.5) is 0 Å². The second kappa shape index (κ2) is 5.68. The van der Waals surface area contributed by atoms with Crippen molar-refractivity contribution in [2.75, 3.05) is 0 Å². The Morgan fingerprint density at radius 1 is 1.00 bits per heavy atom. The number of ether oxygens (including phenoxy) is 1. The lowest BCUT2D eigenvalue weighted by Gasteiger charge is -2.42. The van der Waals surface area contributed by atoms with Gasteiger partial charge in [0.05, 0.1) is 0 Å². The van der Waals surface area contributed by atoms with Crippen molar-refractivity contribution < 1.29 is 9.53 Å². The average Bonchev–Trinajstić information content (AvgIpc) is 2.27. The number of rotatable bonds is 3. The van der Waals surface area contributed by atoms with Crippen molar-refractivity contribution in [3.05, 3.63) is 12.2 Å². The zero-order valence-corrected chi connectivity index (χ0v) is 13.5. The highest BCUT2D eigenvalue weighted by molar-refractivity contribution is 5.87. The van der Waals surface area contributed by atoms with Gasteiger partial charge in [0.15, 0.2) is 0 Å². The summed E-state index contributed by atoms with van der Waals surface area (Å²) >= 11 is 0. The summed E-state index contributed by atoms with van der Waals surface area (Å²) in [4.78, 5) is 11.7. The highest BCUT2D eigenvalue weighted by atomic mass is 16.6. The Kier molecular flexibility index (Phi) is 4.86. The molecule has 1 rings (SSSR count). The zero-order chi connectivity index (χ0) is 14.8. The Morgan fingerprint density at radius 2 is 1.42 bits per heavy atom. The molecule has 2 nitrogen and oxygen atoms in total. The Hall–Kier alpha value is -0.790. The van der Waals surface area contributed by atoms with Crippen LogP contribution >= 0.6 is 0 Å².